The molecule has 2 unspecified atom stereocenters. The SMILES string of the molecule is CCC(C[N+](C)(C)C)C(=O)c1ccccc1S(=O)CC. The first-order valence-corrected chi connectivity index (χ1v) is 8.44. The van der Waals surface area contributed by atoms with Crippen molar-refractivity contribution in [1.82, 2.24) is 0 Å². The Morgan fingerprint density at radius 3 is 2.30 bits per heavy atom. The lowest BCUT2D eigenvalue weighted by molar-refractivity contribution is -0.872. The van der Waals surface area contributed by atoms with E-state index < -0.39 is 10.8 Å². The zero-order valence-electron chi connectivity index (χ0n) is 13.2. The second kappa shape index (κ2) is 7.14. The van der Waals surface area contributed by atoms with Gasteiger partial charge in [0.2, 0.25) is 0 Å². The molecule has 0 aromatic heterocycles. The monoisotopic (exact) mass is 296 g/mol. The van der Waals surface area contributed by atoms with E-state index >= 15 is 0 Å². The third-order valence-corrected chi connectivity index (χ3v) is 4.66. The third-order valence-electron chi connectivity index (χ3n) is 3.29. The largest absolute Gasteiger partial charge is 0.330 e. The van der Waals surface area contributed by atoms with Crippen molar-refractivity contribution in [2.75, 3.05) is 33.4 Å². The Balaban J connectivity index is 3.10. The highest BCUT2D eigenvalue weighted by atomic mass is 32.2. The number of Topliss-reactive ketones (excluding diaryl/α,β-unsaturated/α-hetero) is 1. The summed E-state index contributed by atoms with van der Waals surface area (Å²) < 4.78 is 12.8. The average Bonchev–Trinajstić information content (AvgIpc) is 2.42. The molecule has 1 rings (SSSR count). The van der Waals surface area contributed by atoms with Crippen LogP contribution in [0.15, 0.2) is 29.2 Å². The van der Waals surface area contributed by atoms with Gasteiger partial charge in [0.1, 0.15) is 0 Å². The van der Waals surface area contributed by atoms with Crippen LogP contribution >= 0.6 is 0 Å². The molecule has 0 aliphatic rings. The molecule has 4 heteroatoms. The fraction of sp³-hybridized carbons (Fsp3) is 0.562. The molecule has 0 amide bonds. The summed E-state index contributed by atoms with van der Waals surface area (Å²) in [4.78, 5) is 13.4. The highest BCUT2D eigenvalue weighted by molar-refractivity contribution is 7.85. The number of benzene rings is 1. The van der Waals surface area contributed by atoms with Gasteiger partial charge < -0.3 is 4.48 Å². The van der Waals surface area contributed by atoms with Crippen molar-refractivity contribution in [2.24, 2.45) is 5.92 Å². The van der Waals surface area contributed by atoms with Gasteiger partial charge >= 0.3 is 0 Å². The molecule has 0 saturated heterocycles. The van der Waals surface area contributed by atoms with E-state index in [-0.39, 0.29) is 11.7 Å². The molecule has 0 radical (unpaired) electrons. The van der Waals surface area contributed by atoms with Crippen LogP contribution in [0.5, 0.6) is 0 Å². The lowest BCUT2D eigenvalue weighted by Crippen LogP contribution is -2.41. The fourth-order valence-corrected chi connectivity index (χ4v) is 3.26. The summed E-state index contributed by atoms with van der Waals surface area (Å²) in [6.45, 7) is 4.71. The molecule has 0 saturated carbocycles. The third kappa shape index (κ3) is 4.53. The molecule has 1 aromatic carbocycles. The van der Waals surface area contributed by atoms with Crippen LogP contribution in [0.1, 0.15) is 30.6 Å². The lowest BCUT2D eigenvalue weighted by atomic mass is 9.94. The number of rotatable bonds is 7. The highest BCUT2D eigenvalue weighted by Crippen LogP contribution is 2.21. The van der Waals surface area contributed by atoms with Crippen molar-refractivity contribution < 1.29 is 13.5 Å². The molecule has 0 heterocycles. The molecule has 0 bridgehead atoms. The lowest BCUT2D eigenvalue weighted by Gasteiger charge is -2.28. The molecular weight excluding hydrogens is 270 g/mol. The maximum absolute atomic E-state index is 12.8. The number of hydrogen-bond donors (Lipinski definition) is 0. The van der Waals surface area contributed by atoms with Crippen molar-refractivity contribution in [1.29, 1.82) is 0 Å². The molecule has 0 fully saturated rings. The Bertz CT molecular complexity index is 491. The van der Waals surface area contributed by atoms with Gasteiger partial charge in [-0.2, -0.15) is 0 Å². The Labute approximate surface area is 125 Å². The molecule has 0 N–H and O–H groups in total. The zero-order valence-corrected chi connectivity index (χ0v) is 14.0. The molecule has 20 heavy (non-hydrogen) atoms. The summed E-state index contributed by atoms with van der Waals surface area (Å²) in [5.74, 6) is 0.638. The van der Waals surface area contributed by atoms with Crippen molar-refractivity contribution in [2.45, 2.75) is 25.2 Å². The van der Waals surface area contributed by atoms with Gasteiger partial charge in [-0.15, -0.1) is 0 Å². The van der Waals surface area contributed by atoms with Crippen LogP contribution in [0.4, 0.5) is 0 Å². The number of quaternary nitrogens is 1. The van der Waals surface area contributed by atoms with Crippen LogP contribution in [-0.2, 0) is 10.8 Å². The number of carbonyl (C=O) groups excluding carboxylic acids is 1. The maximum Gasteiger partial charge on any atom is 0.172 e. The summed E-state index contributed by atoms with van der Waals surface area (Å²) in [6, 6.07) is 7.32. The van der Waals surface area contributed by atoms with E-state index in [0.717, 1.165) is 17.4 Å². The van der Waals surface area contributed by atoms with Crippen LogP contribution in [0, 0.1) is 5.92 Å². The van der Waals surface area contributed by atoms with E-state index in [9.17, 15) is 9.00 Å². The minimum Gasteiger partial charge on any atom is -0.330 e. The van der Waals surface area contributed by atoms with Gasteiger partial charge in [-0.05, 0) is 12.5 Å². The highest BCUT2D eigenvalue weighted by Gasteiger charge is 2.27. The first-order chi connectivity index (χ1) is 9.30. The molecule has 3 nitrogen and oxygen atoms in total. The van der Waals surface area contributed by atoms with Crippen LogP contribution < -0.4 is 0 Å². The average molecular weight is 296 g/mol. The van der Waals surface area contributed by atoms with Crippen molar-refractivity contribution in [3.63, 3.8) is 0 Å². The quantitative estimate of drug-likeness (QED) is 0.573. The van der Waals surface area contributed by atoms with Crippen LogP contribution in [0.25, 0.3) is 0 Å². The normalized spacial score (nSPS) is 14.8. The topological polar surface area (TPSA) is 34.1 Å². The Kier molecular flexibility index (Phi) is 6.08. The summed E-state index contributed by atoms with van der Waals surface area (Å²) in [7, 11) is 5.18. The van der Waals surface area contributed by atoms with Crippen molar-refractivity contribution >= 4 is 16.6 Å². The first kappa shape index (κ1) is 17.1. The maximum atomic E-state index is 12.8. The van der Waals surface area contributed by atoms with E-state index in [1.807, 2.05) is 38.1 Å². The van der Waals surface area contributed by atoms with E-state index in [0.29, 0.717) is 16.2 Å². The second-order valence-corrected chi connectivity index (χ2v) is 7.78. The van der Waals surface area contributed by atoms with E-state index in [2.05, 4.69) is 21.1 Å². The summed E-state index contributed by atoms with van der Waals surface area (Å²) in [6.07, 6.45) is 0.807. The number of nitrogens with zero attached hydrogens (tertiary/aromatic N) is 1. The van der Waals surface area contributed by atoms with Gasteiger partial charge in [0.05, 0.1) is 44.4 Å². The predicted molar refractivity (Wildman–Crippen MR) is 84.4 cm³/mol. The van der Waals surface area contributed by atoms with Gasteiger partial charge in [0.25, 0.3) is 0 Å². The summed E-state index contributed by atoms with van der Waals surface area (Å²) in [5, 5.41) is 0. The smallest absolute Gasteiger partial charge is 0.172 e. The van der Waals surface area contributed by atoms with E-state index in [4.69, 9.17) is 0 Å². The standard InChI is InChI=1S/C16H26NO2S/c1-6-13(12-17(3,4)5)16(18)14-10-8-9-11-15(14)20(19)7-2/h8-11,13H,6-7,12H2,1-5H3/q+1. The molecule has 1 aromatic rings. The Morgan fingerprint density at radius 1 is 1.20 bits per heavy atom. The summed E-state index contributed by atoms with van der Waals surface area (Å²) in [5.41, 5.74) is 0.632. The van der Waals surface area contributed by atoms with Gasteiger partial charge in [0, 0.05) is 16.2 Å². The predicted octanol–water partition coefficient (Wildman–Crippen LogP) is 2.73. The Hall–Kier alpha value is -1.00. The Morgan fingerprint density at radius 2 is 1.80 bits per heavy atom. The first-order valence-electron chi connectivity index (χ1n) is 7.12. The molecule has 2 atom stereocenters. The van der Waals surface area contributed by atoms with Crippen molar-refractivity contribution in [3.05, 3.63) is 29.8 Å². The van der Waals surface area contributed by atoms with Crippen LogP contribution in [0.2, 0.25) is 0 Å². The summed E-state index contributed by atoms with van der Waals surface area (Å²) >= 11 is 0. The van der Waals surface area contributed by atoms with Gasteiger partial charge in [-0.25, -0.2) is 0 Å². The second-order valence-electron chi connectivity index (χ2n) is 6.07. The van der Waals surface area contributed by atoms with E-state index in [1.165, 1.54) is 0 Å². The minimum atomic E-state index is -1.09. The van der Waals surface area contributed by atoms with E-state index in [1.54, 1.807) is 0 Å². The van der Waals surface area contributed by atoms with Crippen LogP contribution in [0.3, 0.4) is 0 Å². The number of ketones is 1. The van der Waals surface area contributed by atoms with Crippen molar-refractivity contribution in [3.8, 4) is 0 Å². The zero-order chi connectivity index (χ0) is 15.3. The molecule has 0 aliphatic carbocycles. The number of hydrogen-bond acceptors (Lipinski definition) is 2. The molecule has 112 valence electrons. The molecule has 0 spiro atoms. The van der Waals surface area contributed by atoms with Gasteiger partial charge in [-0.1, -0.05) is 32.0 Å². The fourth-order valence-electron chi connectivity index (χ4n) is 2.30. The van der Waals surface area contributed by atoms with Crippen LogP contribution in [-0.4, -0.2) is 47.9 Å². The van der Waals surface area contributed by atoms with Gasteiger partial charge in [-0.3, -0.25) is 9.00 Å². The number of carbonyl (C=O) groups is 1. The van der Waals surface area contributed by atoms with Gasteiger partial charge in [0.15, 0.2) is 5.78 Å². The minimum absolute atomic E-state index is 0.0231. The molecule has 0 aliphatic heterocycles. The molecular formula is C16H26NO2S+.